The van der Waals surface area contributed by atoms with Crippen LogP contribution in [0.1, 0.15) is 45.4 Å². The van der Waals surface area contributed by atoms with Gasteiger partial charge in [0.25, 0.3) is 10.2 Å². The summed E-state index contributed by atoms with van der Waals surface area (Å²) in [6.07, 6.45) is 4.44. The summed E-state index contributed by atoms with van der Waals surface area (Å²) in [6.45, 7) is 3.03. The molecule has 0 amide bonds. The second-order valence-electron chi connectivity index (χ2n) is 5.22. The first-order chi connectivity index (χ1) is 9.43. The Morgan fingerprint density at radius 2 is 2.10 bits per heavy atom. The van der Waals surface area contributed by atoms with E-state index < -0.39 is 10.2 Å². The van der Waals surface area contributed by atoms with Crippen LogP contribution in [-0.2, 0) is 19.7 Å². The summed E-state index contributed by atoms with van der Waals surface area (Å²) < 4.78 is 32.7. The van der Waals surface area contributed by atoms with Crippen LogP contribution in [0.25, 0.3) is 0 Å². The molecule has 0 radical (unpaired) electrons. The molecular weight excluding hydrogens is 280 g/mol. The maximum absolute atomic E-state index is 12.6. The molecule has 0 aromatic rings. The first kappa shape index (κ1) is 17.4. The van der Waals surface area contributed by atoms with E-state index in [4.69, 9.17) is 0 Å². The Labute approximate surface area is 122 Å². The van der Waals surface area contributed by atoms with E-state index in [1.807, 2.05) is 6.92 Å². The van der Waals surface area contributed by atoms with Gasteiger partial charge in [-0.2, -0.15) is 17.0 Å². The van der Waals surface area contributed by atoms with Crippen molar-refractivity contribution < 1.29 is 17.9 Å². The van der Waals surface area contributed by atoms with Gasteiger partial charge in [-0.3, -0.25) is 4.79 Å². The summed E-state index contributed by atoms with van der Waals surface area (Å²) >= 11 is 0. The summed E-state index contributed by atoms with van der Waals surface area (Å²) in [5, 5.41) is 0. The average Bonchev–Trinajstić information content (AvgIpc) is 2.44. The number of hydrogen-bond donors (Lipinski definition) is 0. The fraction of sp³-hybridized carbons (Fsp3) is 0.923. The number of carbonyl (C=O) groups excluding carboxylic acids is 1. The highest BCUT2D eigenvalue weighted by atomic mass is 32.2. The molecule has 118 valence electrons. The first-order valence-corrected chi connectivity index (χ1v) is 8.63. The lowest BCUT2D eigenvalue weighted by Crippen LogP contribution is -2.50. The summed E-state index contributed by atoms with van der Waals surface area (Å²) in [4.78, 5) is 11.4. The summed E-state index contributed by atoms with van der Waals surface area (Å²) in [6, 6.07) is -0.273. The van der Waals surface area contributed by atoms with E-state index in [1.165, 1.54) is 15.7 Å². The lowest BCUT2D eigenvalue weighted by atomic mass is 10.0. The molecule has 1 saturated heterocycles. The largest absolute Gasteiger partial charge is 0.469 e. The van der Waals surface area contributed by atoms with Crippen molar-refractivity contribution >= 4 is 16.2 Å². The number of piperidine rings is 1. The average molecular weight is 306 g/mol. The Bertz CT molecular complexity index is 411. The van der Waals surface area contributed by atoms with Crippen LogP contribution in [0.3, 0.4) is 0 Å². The highest BCUT2D eigenvalue weighted by Crippen LogP contribution is 2.24. The van der Waals surface area contributed by atoms with Gasteiger partial charge in [0.15, 0.2) is 0 Å². The minimum absolute atomic E-state index is 0.136. The zero-order valence-corrected chi connectivity index (χ0v) is 13.5. The van der Waals surface area contributed by atoms with E-state index in [2.05, 4.69) is 4.74 Å². The van der Waals surface area contributed by atoms with Crippen LogP contribution in [0.4, 0.5) is 0 Å². The van der Waals surface area contributed by atoms with Crippen molar-refractivity contribution in [3.63, 3.8) is 0 Å². The minimum atomic E-state index is -3.48. The summed E-state index contributed by atoms with van der Waals surface area (Å²) in [7, 11) is -0.542. The van der Waals surface area contributed by atoms with E-state index in [0.29, 0.717) is 13.1 Å². The van der Waals surface area contributed by atoms with E-state index in [9.17, 15) is 13.2 Å². The molecule has 20 heavy (non-hydrogen) atoms. The molecule has 1 unspecified atom stereocenters. The highest BCUT2D eigenvalue weighted by Gasteiger charge is 2.35. The zero-order valence-electron chi connectivity index (χ0n) is 12.7. The normalized spacial score (nSPS) is 21.1. The van der Waals surface area contributed by atoms with E-state index in [-0.39, 0.29) is 18.4 Å². The maximum atomic E-state index is 12.6. The monoisotopic (exact) mass is 306 g/mol. The lowest BCUT2D eigenvalue weighted by molar-refractivity contribution is -0.141. The maximum Gasteiger partial charge on any atom is 0.307 e. The third-order valence-corrected chi connectivity index (χ3v) is 5.76. The Morgan fingerprint density at radius 1 is 1.40 bits per heavy atom. The van der Waals surface area contributed by atoms with Crippen molar-refractivity contribution in [1.82, 2.24) is 8.61 Å². The molecule has 0 spiro atoms. The predicted octanol–water partition coefficient (Wildman–Crippen LogP) is 1.38. The second-order valence-corrected chi connectivity index (χ2v) is 7.21. The number of ether oxygens (including phenoxy) is 1. The Morgan fingerprint density at radius 3 is 2.70 bits per heavy atom. The molecule has 0 N–H and O–H groups in total. The van der Waals surface area contributed by atoms with Gasteiger partial charge in [-0.25, -0.2) is 0 Å². The zero-order chi connectivity index (χ0) is 15.2. The van der Waals surface area contributed by atoms with Crippen LogP contribution in [0.2, 0.25) is 0 Å². The minimum Gasteiger partial charge on any atom is -0.469 e. The molecule has 1 rings (SSSR count). The Kier molecular flexibility index (Phi) is 6.91. The van der Waals surface area contributed by atoms with Gasteiger partial charge < -0.3 is 4.74 Å². The molecule has 0 aromatic carbocycles. The molecule has 1 aliphatic rings. The fourth-order valence-corrected chi connectivity index (χ4v) is 4.07. The van der Waals surface area contributed by atoms with Gasteiger partial charge in [-0.05, 0) is 19.3 Å². The molecule has 1 atom stereocenters. The molecule has 1 heterocycles. The smallest absolute Gasteiger partial charge is 0.307 e. The third kappa shape index (κ3) is 4.43. The van der Waals surface area contributed by atoms with Crippen LogP contribution in [0.5, 0.6) is 0 Å². The quantitative estimate of drug-likeness (QED) is 0.667. The van der Waals surface area contributed by atoms with Crippen LogP contribution in [0.15, 0.2) is 0 Å². The Balaban J connectivity index is 2.79. The van der Waals surface area contributed by atoms with E-state index in [1.54, 1.807) is 7.05 Å². The SMILES string of the molecule is CCCCN(C)S(=O)(=O)N1CCCCC1CC(=O)OC. The van der Waals surface area contributed by atoms with E-state index in [0.717, 1.165) is 32.1 Å². The van der Waals surface area contributed by atoms with Crippen molar-refractivity contribution in [2.75, 3.05) is 27.2 Å². The number of hydrogen-bond acceptors (Lipinski definition) is 4. The fourth-order valence-electron chi connectivity index (χ4n) is 2.43. The van der Waals surface area contributed by atoms with Crippen LogP contribution < -0.4 is 0 Å². The van der Waals surface area contributed by atoms with Crippen molar-refractivity contribution in [3.8, 4) is 0 Å². The molecule has 0 aliphatic carbocycles. The van der Waals surface area contributed by atoms with Gasteiger partial charge in [-0.15, -0.1) is 0 Å². The van der Waals surface area contributed by atoms with Crippen molar-refractivity contribution in [1.29, 1.82) is 0 Å². The van der Waals surface area contributed by atoms with Gasteiger partial charge in [0.2, 0.25) is 0 Å². The second kappa shape index (κ2) is 7.95. The van der Waals surface area contributed by atoms with Gasteiger partial charge in [-0.1, -0.05) is 19.8 Å². The van der Waals surface area contributed by atoms with Gasteiger partial charge in [0.05, 0.1) is 13.5 Å². The van der Waals surface area contributed by atoms with Crippen molar-refractivity contribution in [2.24, 2.45) is 0 Å². The molecule has 6 nitrogen and oxygen atoms in total. The van der Waals surface area contributed by atoms with Crippen molar-refractivity contribution in [3.05, 3.63) is 0 Å². The number of nitrogens with zero attached hydrogens (tertiary/aromatic N) is 2. The first-order valence-electron chi connectivity index (χ1n) is 7.23. The molecule has 1 fully saturated rings. The molecule has 0 saturated carbocycles. The number of methoxy groups -OCH3 is 1. The molecule has 1 aliphatic heterocycles. The van der Waals surface area contributed by atoms with Crippen LogP contribution >= 0.6 is 0 Å². The molecule has 0 aromatic heterocycles. The number of unbranched alkanes of at least 4 members (excludes halogenated alkanes) is 1. The van der Waals surface area contributed by atoms with Gasteiger partial charge in [0, 0.05) is 26.2 Å². The Hall–Kier alpha value is -0.660. The molecule has 0 bridgehead atoms. The van der Waals surface area contributed by atoms with Gasteiger partial charge >= 0.3 is 5.97 Å². The highest BCUT2D eigenvalue weighted by molar-refractivity contribution is 7.86. The number of esters is 1. The van der Waals surface area contributed by atoms with Gasteiger partial charge in [0.1, 0.15) is 0 Å². The summed E-state index contributed by atoms with van der Waals surface area (Å²) in [5.74, 6) is -0.353. The third-order valence-electron chi connectivity index (χ3n) is 3.72. The topological polar surface area (TPSA) is 66.9 Å². The summed E-state index contributed by atoms with van der Waals surface area (Å²) in [5.41, 5.74) is 0. The number of carbonyl (C=O) groups is 1. The molecular formula is C13H26N2O4S. The van der Waals surface area contributed by atoms with E-state index >= 15 is 0 Å². The standard InChI is InChI=1S/C13H26N2O4S/c1-4-5-9-14(2)20(17,18)15-10-7-6-8-12(15)11-13(16)19-3/h12H,4-11H2,1-3H3. The van der Waals surface area contributed by atoms with Crippen LogP contribution in [0, 0.1) is 0 Å². The van der Waals surface area contributed by atoms with Crippen LogP contribution in [-0.4, -0.2) is 56.3 Å². The van der Waals surface area contributed by atoms with Crippen molar-refractivity contribution in [2.45, 2.75) is 51.5 Å². The molecule has 7 heteroatoms. The number of rotatable bonds is 7. The predicted molar refractivity (Wildman–Crippen MR) is 77.4 cm³/mol. The lowest BCUT2D eigenvalue weighted by Gasteiger charge is -2.36.